The summed E-state index contributed by atoms with van der Waals surface area (Å²) in [7, 11) is -3.53. The highest BCUT2D eigenvalue weighted by molar-refractivity contribution is 7.89. The molecule has 2 heterocycles. The Bertz CT molecular complexity index is 650. The predicted molar refractivity (Wildman–Crippen MR) is 83.7 cm³/mol. The molecule has 0 spiro atoms. The Morgan fingerprint density at radius 3 is 3.00 bits per heavy atom. The monoisotopic (exact) mass is 328 g/mol. The number of nitrogens with two attached hydrogens (primary N) is 1. The fraction of sp³-hybridized carbons (Fsp3) is 0.462. The molecule has 0 aliphatic heterocycles. The van der Waals surface area contributed by atoms with Crippen molar-refractivity contribution in [2.24, 2.45) is 5.73 Å². The number of hydrogen-bond acceptors (Lipinski definition) is 5. The van der Waals surface area contributed by atoms with Crippen molar-refractivity contribution < 1.29 is 8.42 Å². The molecule has 0 saturated carbocycles. The molecule has 6 nitrogen and oxygen atoms in total. The average Bonchev–Trinajstić information content (AvgIpc) is 3.06. The van der Waals surface area contributed by atoms with Crippen LogP contribution in [0.15, 0.2) is 34.1 Å². The molecule has 2 aromatic rings. The van der Waals surface area contributed by atoms with Crippen LogP contribution in [0.1, 0.15) is 18.9 Å². The van der Waals surface area contributed by atoms with Crippen molar-refractivity contribution in [3.63, 3.8) is 0 Å². The maximum Gasteiger partial charge on any atom is 0.243 e. The first-order chi connectivity index (χ1) is 10.0. The van der Waals surface area contributed by atoms with E-state index in [1.807, 2.05) is 23.8 Å². The molecule has 3 N–H and O–H groups in total. The number of nitrogens with zero attached hydrogens (tertiary/aromatic N) is 2. The van der Waals surface area contributed by atoms with Gasteiger partial charge < -0.3 is 5.73 Å². The molecule has 0 saturated heterocycles. The molecule has 2 rings (SSSR count). The van der Waals surface area contributed by atoms with Gasteiger partial charge in [0.05, 0.1) is 6.20 Å². The fourth-order valence-electron chi connectivity index (χ4n) is 2.00. The standard InChI is InChI=1S/C13H20N4O2S2/c1-11(7-12-3-6-20-10-12)16-21(18,19)13-8-15-17(9-13)5-2-4-14/h3,6,8-11,16H,2,4-5,7,14H2,1H3. The molecule has 1 atom stereocenters. The molecule has 1 unspecified atom stereocenters. The van der Waals surface area contributed by atoms with E-state index in [1.54, 1.807) is 16.0 Å². The number of aromatic nitrogens is 2. The largest absolute Gasteiger partial charge is 0.330 e. The normalized spacial score (nSPS) is 13.4. The van der Waals surface area contributed by atoms with Crippen molar-refractivity contribution in [1.29, 1.82) is 0 Å². The van der Waals surface area contributed by atoms with Gasteiger partial charge in [0.1, 0.15) is 4.90 Å². The third-order valence-corrected chi connectivity index (χ3v) is 5.27. The van der Waals surface area contributed by atoms with Crippen LogP contribution in [-0.4, -0.2) is 30.8 Å². The highest BCUT2D eigenvalue weighted by Crippen LogP contribution is 2.12. The van der Waals surface area contributed by atoms with Crippen molar-refractivity contribution in [2.45, 2.75) is 37.2 Å². The summed E-state index contributed by atoms with van der Waals surface area (Å²) >= 11 is 1.61. The minimum Gasteiger partial charge on any atom is -0.330 e. The molecule has 0 aromatic carbocycles. The number of hydrogen-bond donors (Lipinski definition) is 2. The highest BCUT2D eigenvalue weighted by atomic mass is 32.2. The van der Waals surface area contributed by atoms with Crippen LogP contribution in [0.5, 0.6) is 0 Å². The molecule has 2 aromatic heterocycles. The summed E-state index contributed by atoms with van der Waals surface area (Å²) in [4.78, 5) is 0.191. The quantitative estimate of drug-likeness (QED) is 0.762. The van der Waals surface area contributed by atoms with Crippen molar-refractivity contribution >= 4 is 21.4 Å². The van der Waals surface area contributed by atoms with E-state index in [0.29, 0.717) is 19.5 Å². The third-order valence-electron chi connectivity index (χ3n) is 2.99. The van der Waals surface area contributed by atoms with E-state index in [0.717, 1.165) is 12.0 Å². The Hall–Kier alpha value is -1.22. The van der Waals surface area contributed by atoms with Gasteiger partial charge in [0.15, 0.2) is 0 Å². The highest BCUT2D eigenvalue weighted by Gasteiger charge is 2.19. The Morgan fingerprint density at radius 2 is 2.33 bits per heavy atom. The van der Waals surface area contributed by atoms with E-state index in [2.05, 4.69) is 9.82 Å². The van der Waals surface area contributed by atoms with Gasteiger partial charge in [-0.25, -0.2) is 13.1 Å². The van der Waals surface area contributed by atoms with Gasteiger partial charge >= 0.3 is 0 Å². The molecule has 0 aliphatic carbocycles. The van der Waals surface area contributed by atoms with Crippen LogP contribution in [0.4, 0.5) is 0 Å². The summed E-state index contributed by atoms with van der Waals surface area (Å²) in [5, 5.41) is 8.05. The van der Waals surface area contributed by atoms with Gasteiger partial charge in [-0.2, -0.15) is 16.4 Å². The number of rotatable bonds is 8. The van der Waals surface area contributed by atoms with Crippen LogP contribution in [0, 0.1) is 0 Å². The molecule has 0 radical (unpaired) electrons. The van der Waals surface area contributed by atoms with Gasteiger partial charge in [0.25, 0.3) is 0 Å². The van der Waals surface area contributed by atoms with E-state index in [9.17, 15) is 8.42 Å². The van der Waals surface area contributed by atoms with Crippen molar-refractivity contribution in [3.8, 4) is 0 Å². The first-order valence-corrected chi connectivity index (χ1v) is 9.20. The zero-order chi connectivity index (χ0) is 15.3. The lowest BCUT2D eigenvalue weighted by Gasteiger charge is -2.12. The molecule has 0 fully saturated rings. The van der Waals surface area contributed by atoms with Crippen LogP contribution in [0.3, 0.4) is 0 Å². The SMILES string of the molecule is CC(Cc1ccsc1)NS(=O)(=O)c1cnn(CCCN)c1. The number of sulfonamides is 1. The molecular formula is C13H20N4O2S2. The summed E-state index contributed by atoms with van der Waals surface area (Å²) in [5.74, 6) is 0. The smallest absolute Gasteiger partial charge is 0.243 e. The topological polar surface area (TPSA) is 90.0 Å². The van der Waals surface area contributed by atoms with Crippen molar-refractivity contribution in [1.82, 2.24) is 14.5 Å². The Labute approximate surface area is 129 Å². The summed E-state index contributed by atoms with van der Waals surface area (Å²) in [6, 6.07) is 1.83. The number of nitrogens with one attached hydrogen (secondary N) is 1. The zero-order valence-electron chi connectivity index (χ0n) is 11.9. The lowest BCUT2D eigenvalue weighted by molar-refractivity contribution is 0.558. The van der Waals surface area contributed by atoms with Crippen LogP contribution >= 0.6 is 11.3 Å². The molecule has 0 aliphatic rings. The summed E-state index contributed by atoms with van der Waals surface area (Å²) in [6.07, 6.45) is 4.35. The Kier molecular flexibility index (Phi) is 5.51. The molecule has 0 bridgehead atoms. The lowest BCUT2D eigenvalue weighted by Crippen LogP contribution is -2.33. The van der Waals surface area contributed by atoms with Gasteiger partial charge in [-0.15, -0.1) is 0 Å². The zero-order valence-corrected chi connectivity index (χ0v) is 13.5. The predicted octanol–water partition coefficient (Wildman–Crippen LogP) is 1.20. The fourth-order valence-corrected chi connectivity index (χ4v) is 3.87. The van der Waals surface area contributed by atoms with Gasteiger partial charge in [-0.3, -0.25) is 4.68 Å². The number of aryl methyl sites for hydroxylation is 1. The Balaban J connectivity index is 1.98. The minimum absolute atomic E-state index is 0.169. The second kappa shape index (κ2) is 7.17. The van der Waals surface area contributed by atoms with Crippen LogP contribution in [0.25, 0.3) is 0 Å². The lowest BCUT2D eigenvalue weighted by atomic mass is 10.1. The van der Waals surface area contributed by atoms with Crippen molar-refractivity contribution in [2.75, 3.05) is 6.54 Å². The summed E-state index contributed by atoms with van der Waals surface area (Å²) in [6.45, 7) is 3.03. The summed E-state index contributed by atoms with van der Waals surface area (Å²) < 4.78 is 28.8. The average molecular weight is 328 g/mol. The van der Waals surface area contributed by atoms with E-state index in [1.165, 1.54) is 12.4 Å². The van der Waals surface area contributed by atoms with Crippen molar-refractivity contribution in [3.05, 3.63) is 34.8 Å². The van der Waals surface area contributed by atoms with Gasteiger partial charge in [0, 0.05) is 18.8 Å². The van der Waals surface area contributed by atoms with Crippen LogP contribution in [-0.2, 0) is 23.0 Å². The maximum absolute atomic E-state index is 12.3. The molecule has 0 amide bonds. The molecule has 21 heavy (non-hydrogen) atoms. The van der Waals surface area contributed by atoms with E-state index < -0.39 is 10.0 Å². The first kappa shape index (κ1) is 16.2. The minimum atomic E-state index is -3.53. The van der Waals surface area contributed by atoms with Gasteiger partial charge in [-0.05, 0) is 48.7 Å². The number of thiophene rings is 1. The maximum atomic E-state index is 12.3. The van der Waals surface area contributed by atoms with Crippen LogP contribution < -0.4 is 10.5 Å². The molecular weight excluding hydrogens is 308 g/mol. The molecule has 8 heteroatoms. The first-order valence-electron chi connectivity index (χ1n) is 6.77. The van der Waals surface area contributed by atoms with Crippen LogP contribution in [0.2, 0.25) is 0 Å². The third kappa shape index (κ3) is 4.63. The summed E-state index contributed by atoms with van der Waals surface area (Å²) in [5.41, 5.74) is 6.56. The molecule has 116 valence electrons. The second-order valence-electron chi connectivity index (χ2n) is 4.94. The second-order valence-corrected chi connectivity index (χ2v) is 7.43. The Morgan fingerprint density at radius 1 is 1.52 bits per heavy atom. The van der Waals surface area contributed by atoms with E-state index in [-0.39, 0.29) is 10.9 Å². The van der Waals surface area contributed by atoms with E-state index in [4.69, 9.17) is 5.73 Å². The van der Waals surface area contributed by atoms with Gasteiger partial charge in [0.2, 0.25) is 10.0 Å². The van der Waals surface area contributed by atoms with Gasteiger partial charge in [-0.1, -0.05) is 0 Å². The van der Waals surface area contributed by atoms with E-state index >= 15 is 0 Å².